The highest BCUT2D eigenvalue weighted by molar-refractivity contribution is 5.45. The van der Waals surface area contributed by atoms with E-state index in [9.17, 15) is 0 Å². The topological polar surface area (TPSA) is 56.1 Å². The summed E-state index contributed by atoms with van der Waals surface area (Å²) in [6.07, 6.45) is 2.07. The number of aromatic nitrogens is 4. The van der Waals surface area contributed by atoms with Gasteiger partial charge in [-0.3, -0.25) is 0 Å². The van der Waals surface area contributed by atoms with Crippen LogP contribution in [-0.2, 0) is 16.8 Å². The average molecular weight is 347 g/mol. The quantitative estimate of drug-likeness (QED) is 0.713. The lowest BCUT2D eigenvalue weighted by molar-refractivity contribution is -0.0597. The Morgan fingerprint density at radius 2 is 1.92 bits per heavy atom. The van der Waals surface area contributed by atoms with Crippen LogP contribution in [0.3, 0.4) is 0 Å². The van der Waals surface area contributed by atoms with Crippen LogP contribution in [0.4, 0.5) is 5.95 Å². The lowest BCUT2D eigenvalue weighted by Gasteiger charge is -2.41. The molecule has 5 rings (SSSR count). The second kappa shape index (κ2) is 5.92. The van der Waals surface area contributed by atoms with Crippen LogP contribution >= 0.6 is 0 Å². The van der Waals surface area contributed by atoms with Crippen LogP contribution in [0.1, 0.15) is 23.1 Å². The van der Waals surface area contributed by atoms with Crippen LogP contribution in [0, 0.1) is 6.92 Å². The number of nitrogens with zero attached hydrogens (tertiary/aromatic N) is 5. The smallest absolute Gasteiger partial charge is 0.250 e. The van der Waals surface area contributed by atoms with Crippen molar-refractivity contribution in [1.82, 2.24) is 20.2 Å². The number of hydrogen-bond donors (Lipinski definition) is 0. The van der Waals surface area contributed by atoms with Crippen molar-refractivity contribution in [1.29, 1.82) is 0 Å². The molecule has 0 bridgehead atoms. The minimum absolute atomic E-state index is 0.251. The van der Waals surface area contributed by atoms with Crippen LogP contribution in [-0.4, -0.2) is 39.9 Å². The lowest BCUT2D eigenvalue weighted by Crippen LogP contribution is -2.49. The Hall–Kier alpha value is -2.73. The lowest BCUT2D eigenvalue weighted by atomic mass is 9.94. The summed E-state index contributed by atoms with van der Waals surface area (Å²) in [5.41, 5.74) is 4.66. The van der Waals surface area contributed by atoms with Gasteiger partial charge in [0.05, 0.1) is 18.8 Å². The van der Waals surface area contributed by atoms with Crippen molar-refractivity contribution in [3.8, 4) is 5.69 Å². The molecule has 1 saturated heterocycles. The number of morpholine rings is 1. The Bertz CT molecular complexity index is 931. The largest absolute Gasteiger partial charge is 0.367 e. The van der Waals surface area contributed by atoms with Crippen LogP contribution in [0.2, 0.25) is 0 Å². The van der Waals surface area contributed by atoms with E-state index in [0.29, 0.717) is 6.61 Å². The first-order valence-electron chi connectivity index (χ1n) is 9.08. The molecule has 1 aliphatic heterocycles. The summed E-state index contributed by atoms with van der Waals surface area (Å²) >= 11 is 0. The molecule has 1 unspecified atom stereocenters. The summed E-state index contributed by atoms with van der Waals surface area (Å²) in [4.78, 5) is 2.26. The zero-order chi connectivity index (χ0) is 17.6. The van der Waals surface area contributed by atoms with E-state index in [2.05, 4.69) is 75.9 Å². The van der Waals surface area contributed by atoms with E-state index in [1.807, 2.05) is 4.68 Å². The number of tetrazole rings is 1. The predicted octanol–water partition coefficient (Wildman–Crippen LogP) is 2.65. The van der Waals surface area contributed by atoms with Gasteiger partial charge >= 0.3 is 0 Å². The summed E-state index contributed by atoms with van der Waals surface area (Å²) in [7, 11) is 0. The second-order valence-electron chi connectivity index (χ2n) is 7.15. The van der Waals surface area contributed by atoms with E-state index in [0.717, 1.165) is 37.6 Å². The molecule has 0 N–H and O–H groups in total. The van der Waals surface area contributed by atoms with Crippen molar-refractivity contribution in [3.05, 3.63) is 65.2 Å². The summed E-state index contributed by atoms with van der Waals surface area (Å²) in [6, 6.07) is 16.9. The molecule has 1 spiro atoms. The first kappa shape index (κ1) is 15.5. The number of ether oxygens (including phenoxy) is 1. The van der Waals surface area contributed by atoms with Gasteiger partial charge in [-0.05, 0) is 53.5 Å². The number of benzene rings is 2. The summed E-state index contributed by atoms with van der Waals surface area (Å²) in [6.45, 7) is 4.31. The van der Waals surface area contributed by atoms with E-state index in [1.165, 1.54) is 16.7 Å². The fraction of sp³-hybridized carbons (Fsp3) is 0.350. The molecule has 6 heteroatoms. The highest BCUT2D eigenvalue weighted by Gasteiger charge is 2.44. The molecular formula is C20H21N5O. The van der Waals surface area contributed by atoms with Crippen LogP contribution in [0.15, 0.2) is 48.5 Å². The molecular weight excluding hydrogens is 326 g/mol. The van der Waals surface area contributed by atoms with Crippen molar-refractivity contribution in [2.24, 2.45) is 0 Å². The highest BCUT2D eigenvalue weighted by Crippen LogP contribution is 2.42. The molecule has 1 aromatic heterocycles. The first-order valence-corrected chi connectivity index (χ1v) is 9.08. The first-order chi connectivity index (χ1) is 12.8. The minimum atomic E-state index is -0.251. The standard InChI is InChI=1S/C20H21N5O/c1-15-6-8-17(9-7-15)25-19(21-22-23-25)24-12-13-26-20(14-24)11-10-16-4-2-3-5-18(16)20/h2-9H,10-14H2,1H3. The van der Waals surface area contributed by atoms with Gasteiger partial charge in [0.25, 0.3) is 5.95 Å². The Morgan fingerprint density at radius 1 is 1.08 bits per heavy atom. The summed E-state index contributed by atoms with van der Waals surface area (Å²) < 4.78 is 8.14. The Balaban J connectivity index is 1.49. The number of hydrogen-bond acceptors (Lipinski definition) is 5. The van der Waals surface area contributed by atoms with E-state index in [-0.39, 0.29) is 5.60 Å². The van der Waals surface area contributed by atoms with Gasteiger partial charge in [0.2, 0.25) is 0 Å². The zero-order valence-electron chi connectivity index (χ0n) is 14.8. The molecule has 2 heterocycles. The summed E-state index contributed by atoms with van der Waals surface area (Å²) in [5, 5.41) is 12.5. The average Bonchev–Trinajstić information content (AvgIpc) is 3.29. The Morgan fingerprint density at radius 3 is 2.81 bits per heavy atom. The number of aryl methyl sites for hydroxylation is 2. The molecule has 132 valence electrons. The number of rotatable bonds is 2. The predicted molar refractivity (Wildman–Crippen MR) is 98.5 cm³/mol. The molecule has 0 saturated carbocycles. The van der Waals surface area contributed by atoms with Crippen LogP contribution in [0.5, 0.6) is 0 Å². The zero-order valence-corrected chi connectivity index (χ0v) is 14.8. The molecule has 2 aliphatic rings. The van der Waals surface area contributed by atoms with Crippen LogP contribution < -0.4 is 4.90 Å². The van der Waals surface area contributed by atoms with Crippen molar-refractivity contribution >= 4 is 5.95 Å². The maximum absolute atomic E-state index is 6.32. The minimum Gasteiger partial charge on any atom is -0.367 e. The fourth-order valence-electron chi connectivity index (χ4n) is 4.16. The van der Waals surface area contributed by atoms with Crippen molar-refractivity contribution in [3.63, 3.8) is 0 Å². The second-order valence-corrected chi connectivity index (χ2v) is 7.15. The van der Waals surface area contributed by atoms with Crippen LogP contribution in [0.25, 0.3) is 5.69 Å². The number of fused-ring (bicyclic) bond motifs is 2. The van der Waals surface area contributed by atoms with E-state index < -0.39 is 0 Å². The molecule has 1 fully saturated rings. The van der Waals surface area contributed by atoms with Crippen molar-refractivity contribution < 1.29 is 4.74 Å². The van der Waals surface area contributed by atoms with Gasteiger partial charge in [0.1, 0.15) is 5.60 Å². The molecule has 3 aromatic rings. The third-order valence-corrected chi connectivity index (χ3v) is 5.51. The molecule has 0 amide bonds. The third kappa shape index (κ3) is 2.41. The van der Waals surface area contributed by atoms with Crippen molar-refractivity contribution in [2.45, 2.75) is 25.4 Å². The molecule has 1 aliphatic carbocycles. The molecule has 2 aromatic carbocycles. The van der Waals surface area contributed by atoms with E-state index in [4.69, 9.17) is 4.74 Å². The molecule has 26 heavy (non-hydrogen) atoms. The highest BCUT2D eigenvalue weighted by atomic mass is 16.5. The normalized spacial score (nSPS) is 22.0. The maximum Gasteiger partial charge on any atom is 0.250 e. The Labute approximate surface area is 152 Å². The fourth-order valence-corrected chi connectivity index (χ4v) is 4.16. The van der Waals surface area contributed by atoms with Gasteiger partial charge in [-0.25, -0.2) is 0 Å². The number of anilines is 1. The molecule has 6 nitrogen and oxygen atoms in total. The van der Waals surface area contributed by atoms with Gasteiger partial charge in [-0.15, -0.1) is 0 Å². The van der Waals surface area contributed by atoms with Gasteiger partial charge < -0.3 is 9.64 Å². The molecule has 0 radical (unpaired) electrons. The third-order valence-electron chi connectivity index (χ3n) is 5.51. The van der Waals surface area contributed by atoms with Gasteiger partial charge in [-0.1, -0.05) is 47.1 Å². The Kier molecular flexibility index (Phi) is 3.53. The summed E-state index contributed by atoms with van der Waals surface area (Å²) in [5.74, 6) is 0.779. The van der Waals surface area contributed by atoms with E-state index >= 15 is 0 Å². The van der Waals surface area contributed by atoms with Gasteiger partial charge in [0.15, 0.2) is 0 Å². The van der Waals surface area contributed by atoms with Gasteiger partial charge in [-0.2, -0.15) is 4.68 Å². The SMILES string of the molecule is Cc1ccc(-n2nnnc2N2CCOC3(CCc4ccccc43)C2)cc1. The maximum atomic E-state index is 6.32. The van der Waals surface area contributed by atoms with E-state index in [1.54, 1.807) is 0 Å². The van der Waals surface area contributed by atoms with Gasteiger partial charge in [0, 0.05) is 6.54 Å². The monoisotopic (exact) mass is 347 g/mol. The molecule has 1 atom stereocenters. The van der Waals surface area contributed by atoms with Crippen molar-refractivity contribution in [2.75, 3.05) is 24.6 Å².